The van der Waals surface area contributed by atoms with Crippen molar-refractivity contribution < 1.29 is 21.1 Å². The molecule has 0 bridgehead atoms. The molecular formula is C7H7N4W-. The maximum atomic E-state index is 7.43. The van der Waals surface area contributed by atoms with Gasteiger partial charge >= 0.3 is 0 Å². The van der Waals surface area contributed by atoms with E-state index < -0.39 is 0 Å². The summed E-state index contributed by atoms with van der Waals surface area (Å²) in [4.78, 5) is 12.0. The molecule has 1 aromatic heterocycles. The minimum absolute atomic E-state index is 0. The van der Waals surface area contributed by atoms with Crippen LogP contribution in [0.3, 0.4) is 0 Å². The fourth-order valence-corrected chi connectivity index (χ4v) is 1.13. The Bertz CT molecular complexity index is 334. The Kier molecular flexibility index (Phi) is 2.58. The molecule has 62 valence electrons. The average molecular weight is 331 g/mol. The summed E-state index contributed by atoms with van der Waals surface area (Å²) in [6.07, 6.45) is 2.50. The number of fused-ring (bicyclic) bond motifs is 1. The summed E-state index contributed by atoms with van der Waals surface area (Å²) in [7, 11) is 0. The summed E-state index contributed by atoms with van der Waals surface area (Å²) < 4.78 is 0. The summed E-state index contributed by atoms with van der Waals surface area (Å²) in [5.74, 6) is 0.889. The summed E-state index contributed by atoms with van der Waals surface area (Å²) in [5, 5.41) is 0. The van der Waals surface area contributed by atoms with Crippen LogP contribution in [0.2, 0.25) is 0 Å². The van der Waals surface area contributed by atoms with Gasteiger partial charge in [0.2, 0.25) is 0 Å². The Balaban J connectivity index is 0.000000720. The van der Waals surface area contributed by atoms with E-state index in [-0.39, 0.29) is 26.9 Å². The molecule has 1 aromatic rings. The van der Waals surface area contributed by atoms with E-state index in [2.05, 4.69) is 15.0 Å². The van der Waals surface area contributed by atoms with Crippen LogP contribution in [-0.2, 0) is 27.5 Å². The average Bonchev–Trinajstić information content (AvgIpc) is 2.34. The summed E-state index contributed by atoms with van der Waals surface area (Å²) >= 11 is 0. The van der Waals surface area contributed by atoms with Crippen LogP contribution in [0.25, 0.3) is 5.73 Å². The molecule has 1 aliphatic heterocycles. The smallest absolute Gasteiger partial charge is 0.0830 e. The molecule has 2 heterocycles. The molecule has 0 saturated carbocycles. The first-order valence-electron chi connectivity index (χ1n) is 3.39. The van der Waals surface area contributed by atoms with E-state index in [0.717, 1.165) is 12.1 Å². The third-order valence-electron chi connectivity index (χ3n) is 1.57. The van der Waals surface area contributed by atoms with Crippen LogP contribution in [0.1, 0.15) is 11.5 Å². The molecule has 0 unspecified atom stereocenters. The van der Waals surface area contributed by atoms with E-state index in [4.69, 9.17) is 5.73 Å². The first-order valence-corrected chi connectivity index (χ1v) is 3.39. The number of rotatable bonds is 0. The van der Waals surface area contributed by atoms with E-state index in [0.29, 0.717) is 11.5 Å². The van der Waals surface area contributed by atoms with Crippen LogP contribution in [0.15, 0.2) is 4.99 Å². The molecule has 12 heavy (non-hydrogen) atoms. The van der Waals surface area contributed by atoms with Crippen LogP contribution >= 0.6 is 0 Å². The minimum Gasteiger partial charge on any atom is -0.480 e. The van der Waals surface area contributed by atoms with E-state index in [9.17, 15) is 0 Å². The number of nitrogens with one attached hydrogen (secondary N) is 1. The fourth-order valence-electron chi connectivity index (χ4n) is 1.13. The first-order chi connectivity index (χ1) is 5.27. The molecular weight excluding hydrogens is 324 g/mol. The van der Waals surface area contributed by atoms with Crippen LogP contribution in [-0.4, -0.2) is 16.2 Å². The van der Waals surface area contributed by atoms with E-state index in [1.54, 1.807) is 13.1 Å². The van der Waals surface area contributed by atoms with Crippen LogP contribution in [0.4, 0.5) is 11.5 Å². The Morgan fingerprint density at radius 1 is 1.42 bits per heavy atom. The third-order valence-corrected chi connectivity index (χ3v) is 1.57. The molecule has 0 aliphatic carbocycles. The normalized spacial score (nSPS) is 12.4. The maximum absolute atomic E-state index is 7.43. The van der Waals surface area contributed by atoms with Crippen molar-refractivity contribution in [2.24, 2.45) is 4.99 Å². The van der Waals surface area contributed by atoms with Gasteiger partial charge in [-0.2, -0.15) is 0 Å². The second-order valence-electron chi connectivity index (χ2n) is 2.43. The Hall–Kier alpha value is -0.762. The standard InChI is InChI=1S/C7H7N4.W/c1-4-10-5-2-3-9-6(5)7(8)11-4;/h3H,2H2,1H3,(H-,8,10,11);/q-1;. The van der Waals surface area contributed by atoms with Crippen molar-refractivity contribution in [2.75, 3.05) is 0 Å². The zero-order valence-electron chi connectivity index (χ0n) is 6.53. The van der Waals surface area contributed by atoms with E-state index in [1.807, 2.05) is 0 Å². The van der Waals surface area contributed by atoms with Crippen LogP contribution < -0.4 is 0 Å². The van der Waals surface area contributed by atoms with Crippen molar-refractivity contribution in [3.63, 3.8) is 0 Å². The summed E-state index contributed by atoms with van der Waals surface area (Å²) in [5.41, 5.74) is 8.94. The number of nitrogens with zero attached hydrogens (tertiary/aromatic N) is 3. The zero-order valence-corrected chi connectivity index (χ0v) is 9.47. The molecule has 1 aliphatic rings. The molecule has 5 heteroatoms. The molecule has 4 nitrogen and oxygen atoms in total. The monoisotopic (exact) mass is 331 g/mol. The van der Waals surface area contributed by atoms with Gasteiger partial charge in [-0.3, -0.25) is 9.98 Å². The molecule has 0 amide bonds. The zero-order chi connectivity index (χ0) is 7.84. The Morgan fingerprint density at radius 3 is 2.92 bits per heavy atom. The second-order valence-corrected chi connectivity index (χ2v) is 2.43. The van der Waals surface area contributed by atoms with Crippen LogP contribution in [0.5, 0.6) is 0 Å². The third kappa shape index (κ3) is 1.39. The molecule has 0 atom stereocenters. The quantitative estimate of drug-likeness (QED) is 0.727. The summed E-state index contributed by atoms with van der Waals surface area (Å²) in [6.45, 7) is 1.79. The molecule has 0 fully saturated rings. The topological polar surface area (TPSA) is 61.9 Å². The fraction of sp³-hybridized carbons (Fsp3) is 0.286. The van der Waals surface area contributed by atoms with Gasteiger partial charge in [0.05, 0.1) is 11.4 Å². The summed E-state index contributed by atoms with van der Waals surface area (Å²) in [6, 6.07) is 0. The van der Waals surface area contributed by atoms with Gasteiger partial charge in [0.15, 0.2) is 0 Å². The van der Waals surface area contributed by atoms with Gasteiger partial charge in [0.25, 0.3) is 0 Å². The van der Waals surface area contributed by atoms with Gasteiger partial charge in [-0.15, -0.1) is 0 Å². The van der Waals surface area contributed by atoms with Crippen molar-refractivity contribution in [1.82, 2.24) is 9.97 Å². The van der Waals surface area contributed by atoms with Crippen molar-refractivity contribution in [2.45, 2.75) is 13.3 Å². The van der Waals surface area contributed by atoms with Gasteiger partial charge < -0.3 is 10.7 Å². The SMILES string of the molecule is Cc1nc([NH-])c2c(n1)CC=N2.[W]. The number of hydrogen-bond acceptors (Lipinski definition) is 3. The molecule has 0 aromatic carbocycles. The van der Waals surface area contributed by atoms with E-state index >= 15 is 0 Å². The predicted octanol–water partition coefficient (Wildman–Crippen LogP) is 1.72. The maximum Gasteiger partial charge on any atom is 0.0830 e. The van der Waals surface area contributed by atoms with Gasteiger partial charge in [0.1, 0.15) is 0 Å². The number of aryl methyl sites for hydroxylation is 1. The Morgan fingerprint density at radius 2 is 2.17 bits per heavy atom. The van der Waals surface area contributed by atoms with Gasteiger partial charge in [-0.05, 0) is 12.7 Å². The Labute approximate surface area is 84.6 Å². The van der Waals surface area contributed by atoms with Crippen LogP contribution in [0, 0.1) is 6.92 Å². The minimum atomic E-state index is 0. The van der Waals surface area contributed by atoms with Crippen molar-refractivity contribution >= 4 is 17.7 Å². The van der Waals surface area contributed by atoms with Crippen molar-refractivity contribution in [3.05, 3.63) is 17.3 Å². The number of aliphatic imine (C=N–C) groups is 1. The van der Waals surface area contributed by atoms with E-state index in [1.165, 1.54) is 0 Å². The molecule has 0 radical (unpaired) electrons. The number of aromatic nitrogens is 2. The van der Waals surface area contributed by atoms with Crippen molar-refractivity contribution in [3.8, 4) is 0 Å². The van der Waals surface area contributed by atoms with Gasteiger partial charge in [-0.25, -0.2) is 0 Å². The first kappa shape index (κ1) is 9.33. The molecule has 0 spiro atoms. The molecule has 1 N–H and O–H groups in total. The van der Waals surface area contributed by atoms with Crippen molar-refractivity contribution in [1.29, 1.82) is 0 Å². The predicted molar refractivity (Wildman–Crippen MR) is 42.6 cm³/mol. The molecule has 2 rings (SSSR count). The number of hydrogen-bond donors (Lipinski definition) is 0. The van der Waals surface area contributed by atoms with Gasteiger partial charge in [0, 0.05) is 39.5 Å². The molecule has 0 saturated heterocycles. The van der Waals surface area contributed by atoms with Gasteiger partial charge in [-0.1, -0.05) is 0 Å². The second kappa shape index (κ2) is 3.31. The largest absolute Gasteiger partial charge is 0.480 e.